The molecule has 1 aromatic heterocycles. The number of phenolic OH excluding ortho intramolecular Hbond substituents is 1. The van der Waals surface area contributed by atoms with Crippen molar-refractivity contribution in [2.75, 3.05) is 6.61 Å². The average molecular weight is 346 g/mol. The summed E-state index contributed by atoms with van der Waals surface area (Å²) in [4.78, 5) is 4.36. The fourth-order valence-electron chi connectivity index (χ4n) is 2.65. The molecule has 2 aromatic carbocycles. The number of aromatic hydroxyl groups is 1. The Morgan fingerprint density at radius 2 is 2.19 bits per heavy atom. The number of nitrogens with zero attached hydrogens (tertiary/aromatic N) is 2. The van der Waals surface area contributed by atoms with E-state index in [-0.39, 0.29) is 11.6 Å². The molecule has 26 heavy (non-hydrogen) atoms. The number of hydrogen-bond donors (Lipinski definition) is 1. The van der Waals surface area contributed by atoms with Crippen LogP contribution in [0, 0.1) is 11.3 Å². The number of oxazole rings is 1. The molecule has 0 unspecified atom stereocenters. The first-order valence-electron chi connectivity index (χ1n) is 8.23. The normalized spacial score (nSPS) is 11.3. The summed E-state index contributed by atoms with van der Waals surface area (Å²) in [5, 5.41) is 19.8. The molecule has 5 heteroatoms. The lowest BCUT2D eigenvalue weighted by Gasteiger charge is -2.11. The topological polar surface area (TPSA) is 79.3 Å². The Labute approximate surface area is 151 Å². The molecule has 0 aliphatic heterocycles. The number of rotatable bonds is 6. The van der Waals surface area contributed by atoms with Gasteiger partial charge in [0.1, 0.15) is 17.2 Å². The van der Waals surface area contributed by atoms with Crippen LogP contribution in [-0.4, -0.2) is 16.7 Å². The summed E-state index contributed by atoms with van der Waals surface area (Å²) in [5.41, 5.74) is 2.99. The van der Waals surface area contributed by atoms with E-state index in [9.17, 15) is 10.4 Å². The predicted octanol–water partition coefficient (Wildman–Crippen LogP) is 4.72. The van der Waals surface area contributed by atoms with Gasteiger partial charge in [-0.2, -0.15) is 5.26 Å². The summed E-state index contributed by atoms with van der Waals surface area (Å²) in [5.74, 6) is 0.710. The molecule has 0 amide bonds. The molecule has 0 fully saturated rings. The van der Waals surface area contributed by atoms with Crippen molar-refractivity contribution in [3.63, 3.8) is 0 Å². The molecule has 0 saturated heterocycles. The molecule has 0 spiro atoms. The fourth-order valence-corrected chi connectivity index (χ4v) is 2.65. The van der Waals surface area contributed by atoms with Gasteiger partial charge in [0, 0.05) is 5.56 Å². The summed E-state index contributed by atoms with van der Waals surface area (Å²) in [7, 11) is 0. The van der Waals surface area contributed by atoms with E-state index in [4.69, 9.17) is 9.15 Å². The number of fused-ring (bicyclic) bond motifs is 1. The number of aromatic nitrogens is 1. The maximum Gasteiger partial charge on any atom is 0.238 e. The van der Waals surface area contributed by atoms with Gasteiger partial charge in [0.15, 0.2) is 17.1 Å². The van der Waals surface area contributed by atoms with E-state index in [0.29, 0.717) is 46.6 Å². The number of hydrogen-bond acceptors (Lipinski definition) is 5. The van der Waals surface area contributed by atoms with E-state index >= 15 is 0 Å². The van der Waals surface area contributed by atoms with E-state index in [0.717, 1.165) is 0 Å². The number of nitriles is 1. The van der Waals surface area contributed by atoms with Gasteiger partial charge in [-0.25, -0.2) is 4.98 Å². The fraction of sp³-hybridized carbons (Fsp3) is 0.143. The van der Waals surface area contributed by atoms with Gasteiger partial charge in [-0.05, 0) is 49.2 Å². The van der Waals surface area contributed by atoms with Crippen molar-refractivity contribution >= 4 is 22.7 Å². The Morgan fingerprint density at radius 1 is 1.38 bits per heavy atom. The Kier molecular flexibility index (Phi) is 5.04. The van der Waals surface area contributed by atoms with Gasteiger partial charge in [0.2, 0.25) is 5.89 Å². The first kappa shape index (κ1) is 17.3. The van der Waals surface area contributed by atoms with Gasteiger partial charge in [0.25, 0.3) is 0 Å². The molecule has 0 aliphatic carbocycles. The lowest BCUT2D eigenvalue weighted by molar-refractivity contribution is 0.317. The lowest BCUT2D eigenvalue weighted by atomic mass is 10.0. The smallest absolute Gasteiger partial charge is 0.238 e. The number of allylic oxidation sites excluding steroid dienone is 2. The minimum atomic E-state index is 0.0873. The molecule has 3 aromatic rings. The second-order valence-corrected chi connectivity index (χ2v) is 5.61. The number of benzene rings is 2. The van der Waals surface area contributed by atoms with Crippen LogP contribution >= 0.6 is 0 Å². The number of phenols is 1. The largest absolute Gasteiger partial charge is 0.504 e. The molecule has 1 heterocycles. The van der Waals surface area contributed by atoms with Crippen molar-refractivity contribution in [3.05, 3.63) is 66.1 Å². The highest BCUT2D eigenvalue weighted by molar-refractivity contribution is 5.89. The molecule has 0 atom stereocenters. The monoisotopic (exact) mass is 346 g/mol. The van der Waals surface area contributed by atoms with Crippen molar-refractivity contribution in [2.45, 2.75) is 13.3 Å². The van der Waals surface area contributed by atoms with Gasteiger partial charge < -0.3 is 14.3 Å². The van der Waals surface area contributed by atoms with Crippen LogP contribution in [0.2, 0.25) is 0 Å². The van der Waals surface area contributed by atoms with E-state index in [2.05, 4.69) is 17.6 Å². The molecular formula is C21H18N2O3. The van der Waals surface area contributed by atoms with Crippen LogP contribution in [0.25, 0.3) is 22.7 Å². The summed E-state index contributed by atoms with van der Waals surface area (Å²) in [6.45, 7) is 5.97. The molecule has 0 radical (unpaired) electrons. The van der Waals surface area contributed by atoms with E-state index in [1.807, 2.05) is 25.1 Å². The average Bonchev–Trinajstić information content (AvgIpc) is 3.07. The van der Waals surface area contributed by atoms with E-state index in [1.54, 1.807) is 30.4 Å². The van der Waals surface area contributed by atoms with Crippen molar-refractivity contribution in [2.24, 2.45) is 0 Å². The molecular weight excluding hydrogens is 328 g/mol. The van der Waals surface area contributed by atoms with Crippen molar-refractivity contribution in [1.82, 2.24) is 4.98 Å². The molecule has 0 saturated carbocycles. The lowest BCUT2D eigenvalue weighted by Crippen LogP contribution is -1.95. The minimum Gasteiger partial charge on any atom is -0.504 e. The van der Waals surface area contributed by atoms with Crippen molar-refractivity contribution in [1.29, 1.82) is 5.26 Å². The van der Waals surface area contributed by atoms with Gasteiger partial charge in [0.05, 0.1) is 6.61 Å². The van der Waals surface area contributed by atoms with E-state index in [1.165, 1.54) is 0 Å². The Morgan fingerprint density at radius 3 is 2.88 bits per heavy atom. The van der Waals surface area contributed by atoms with Crippen LogP contribution in [-0.2, 0) is 6.42 Å². The van der Waals surface area contributed by atoms with Gasteiger partial charge in [-0.15, -0.1) is 6.58 Å². The quantitative estimate of drug-likeness (QED) is 0.516. The Bertz CT molecular complexity index is 992. The van der Waals surface area contributed by atoms with Gasteiger partial charge in [-0.3, -0.25) is 0 Å². The molecule has 5 nitrogen and oxygen atoms in total. The second kappa shape index (κ2) is 7.58. The molecule has 0 aliphatic rings. The molecule has 0 bridgehead atoms. The zero-order valence-corrected chi connectivity index (χ0v) is 14.4. The summed E-state index contributed by atoms with van der Waals surface area (Å²) < 4.78 is 11.2. The molecule has 3 rings (SSSR count). The zero-order chi connectivity index (χ0) is 18.5. The van der Waals surface area contributed by atoms with Crippen molar-refractivity contribution in [3.8, 4) is 17.6 Å². The third kappa shape index (κ3) is 3.45. The van der Waals surface area contributed by atoms with E-state index < -0.39 is 0 Å². The van der Waals surface area contributed by atoms with Crippen LogP contribution in [0.4, 0.5) is 0 Å². The zero-order valence-electron chi connectivity index (χ0n) is 14.4. The van der Waals surface area contributed by atoms with Crippen LogP contribution < -0.4 is 4.74 Å². The Balaban J connectivity index is 2.08. The number of ether oxygens (including phenoxy) is 1. The first-order valence-corrected chi connectivity index (χ1v) is 8.23. The first-order chi connectivity index (χ1) is 12.7. The van der Waals surface area contributed by atoms with Crippen LogP contribution in [0.3, 0.4) is 0 Å². The molecule has 130 valence electrons. The summed E-state index contributed by atoms with van der Waals surface area (Å²) in [6.07, 6.45) is 3.85. The highest BCUT2D eigenvalue weighted by Crippen LogP contribution is 2.34. The highest BCUT2D eigenvalue weighted by Gasteiger charge is 2.13. The van der Waals surface area contributed by atoms with Crippen LogP contribution in [0.5, 0.6) is 11.5 Å². The van der Waals surface area contributed by atoms with Gasteiger partial charge >= 0.3 is 0 Å². The molecule has 1 N–H and O–H groups in total. The third-order valence-electron chi connectivity index (χ3n) is 3.80. The van der Waals surface area contributed by atoms with Crippen LogP contribution in [0.1, 0.15) is 23.9 Å². The maximum absolute atomic E-state index is 10.3. The Hall–Kier alpha value is -3.52. The number of para-hydroxylation sites is 2. The highest BCUT2D eigenvalue weighted by atomic mass is 16.5. The third-order valence-corrected chi connectivity index (χ3v) is 3.80. The summed E-state index contributed by atoms with van der Waals surface area (Å²) >= 11 is 0. The van der Waals surface area contributed by atoms with Crippen molar-refractivity contribution < 1.29 is 14.3 Å². The predicted molar refractivity (Wildman–Crippen MR) is 101 cm³/mol. The van der Waals surface area contributed by atoms with Crippen LogP contribution in [0.15, 0.2) is 53.5 Å². The standard InChI is InChI=1S/C21H18N2O3/c1-3-7-15-10-14(12-19(20(15)24)25-4-2)11-16(13-22)21-23-17-8-5-6-9-18(17)26-21/h3,5-6,8-12,24H,1,4,7H2,2H3/b16-11+. The summed E-state index contributed by atoms with van der Waals surface area (Å²) in [6, 6.07) is 12.9. The second-order valence-electron chi connectivity index (χ2n) is 5.61. The SMILES string of the molecule is C=CCc1cc(/C=C(\C#N)c2nc3ccccc3o2)cc(OCC)c1O. The van der Waals surface area contributed by atoms with Gasteiger partial charge in [-0.1, -0.05) is 18.2 Å². The maximum atomic E-state index is 10.3. The minimum absolute atomic E-state index is 0.0873.